The highest BCUT2D eigenvalue weighted by Gasteiger charge is 2.25. The van der Waals surface area contributed by atoms with E-state index in [0.717, 1.165) is 25.5 Å². The van der Waals surface area contributed by atoms with Gasteiger partial charge < -0.3 is 10.4 Å². The number of piperazine rings is 1. The van der Waals surface area contributed by atoms with Gasteiger partial charge in [0.2, 0.25) is 5.91 Å². The summed E-state index contributed by atoms with van der Waals surface area (Å²) < 4.78 is 1.81. The van der Waals surface area contributed by atoms with Crippen molar-refractivity contribution in [2.75, 3.05) is 38.0 Å². The first-order valence-electron chi connectivity index (χ1n) is 8.34. The van der Waals surface area contributed by atoms with Crippen molar-refractivity contribution in [3.63, 3.8) is 0 Å². The molecule has 0 spiro atoms. The Hall–Kier alpha value is -1.44. The third-order valence-corrected chi connectivity index (χ3v) is 4.14. The summed E-state index contributed by atoms with van der Waals surface area (Å²) >= 11 is 0. The van der Waals surface area contributed by atoms with Crippen molar-refractivity contribution in [2.24, 2.45) is 0 Å². The third kappa shape index (κ3) is 5.02. The molecule has 2 N–H and O–H groups in total. The maximum Gasteiger partial charge on any atom is 0.239 e. The maximum absolute atomic E-state index is 12.3. The van der Waals surface area contributed by atoms with Crippen molar-refractivity contribution in [1.82, 2.24) is 19.6 Å². The molecule has 1 aliphatic rings. The van der Waals surface area contributed by atoms with E-state index in [-0.39, 0.29) is 18.1 Å². The summed E-state index contributed by atoms with van der Waals surface area (Å²) in [5.41, 5.74) is 0. The number of carbonyl (C=O) groups is 1. The van der Waals surface area contributed by atoms with Gasteiger partial charge in [-0.25, -0.2) is 4.68 Å². The summed E-state index contributed by atoms with van der Waals surface area (Å²) in [6.07, 6.45) is 1.38. The van der Waals surface area contributed by atoms with Gasteiger partial charge in [-0.2, -0.15) is 5.10 Å². The Labute approximate surface area is 138 Å². The van der Waals surface area contributed by atoms with E-state index in [1.165, 1.54) is 0 Å². The van der Waals surface area contributed by atoms with Gasteiger partial charge in [0.1, 0.15) is 5.82 Å². The van der Waals surface area contributed by atoms with Gasteiger partial charge in [-0.05, 0) is 27.7 Å². The number of hydrogen-bond donors (Lipinski definition) is 2. The minimum Gasteiger partial charge on any atom is -0.392 e. The van der Waals surface area contributed by atoms with Crippen molar-refractivity contribution in [3.8, 4) is 0 Å². The minimum atomic E-state index is -0.316. The zero-order valence-corrected chi connectivity index (χ0v) is 14.6. The van der Waals surface area contributed by atoms with Crippen molar-refractivity contribution in [1.29, 1.82) is 0 Å². The van der Waals surface area contributed by atoms with E-state index in [4.69, 9.17) is 0 Å². The molecule has 7 heteroatoms. The number of hydrogen-bond acceptors (Lipinski definition) is 5. The van der Waals surface area contributed by atoms with Gasteiger partial charge in [0, 0.05) is 44.3 Å². The third-order valence-electron chi connectivity index (χ3n) is 4.14. The molecule has 1 saturated heterocycles. The molecule has 2 atom stereocenters. The fourth-order valence-corrected chi connectivity index (χ4v) is 3.04. The molecule has 0 bridgehead atoms. The molecule has 0 aliphatic carbocycles. The van der Waals surface area contributed by atoms with Crippen LogP contribution < -0.4 is 5.32 Å². The molecule has 2 heterocycles. The standard InChI is InChI=1S/C16H29N5O2/c1-12(2)21-15(5-6-17-21)18-16(23)11-19-7-8-20(10-14(4)22)13(3)9-19/h5-6,12-14,22H,7-11H2,1-4H3,(H,18,23)/t13-,14+/m1/s1. The van der Waals surface area contributed by atoms with Crippen LogP contribution in [0.15, 0.2) is 12.3 Å². The Balaban J connectivity index is 1.83. The zero-order valence-electron chi connectivity index (χ0n) is 14.6. The average molecular weight is 323 g/mol. The van der Waals surface area contributed by atoms with Crippen LogP contribution >= 0.6 is 0 Å². The molecule has 7 nitrogen and oxygen atoms in total. The molecule has 130 valence electrons. The average Bonchev–Trinajstić information content (AvgIpc) is 2.89. The number of β-amino-alcohol motifs (C(OH)–C–C–N with tert-alkyl or cyclic N) is 1. The lowest BCUT2D eigenvalue weighted by Crippen LogP contribution is -2.54. The lowest BCUT2D eigenvalue weighted by molar-refractivity contribution is -0.118. The molecule has 1 amide bonds. The second-order valence-electron chi connectivity index (χ2n) is 6.73. The van der Waals surface area contributed by atoms with Crippen LogP contribution in [0.1, 0.15) is 33.7 Å². The van der Waals surface area contributed by atoms with Crippen molar-refractivity contribution < 1.29 is 9.90 Å². The first-order chi connectivity index (χ1) is 10.9. The van der Waals surface area contributed by atoms with Crippen LogP contribution in [0.3, 0.4) is 0 Å². The van der Waals surface area contributed by atoms with Crippen LogP contribution in [0.2, 0.25) is 0 Å². The van der Waals surface area contributed by atoms with E-state index in [9.17, 15) is 9.90 Å². The molecule has 23 heavy (non-hydrogen) atoms. The Morgan fingerprint density at radius 1 is 1.43 bits per heavy atom. The van der Waals surface area contributed by atoms with Gasteiger partial charge in [-0.3, -0.25) is 14.6 Å². The molecule has 1 aromatic heterocycles. The fraction of sp³-hybridized carbons (Fsp3) is 0.750. The molecule has 2 rings (SSSR count). The summed E-state index contributed by atoms with van der Waals surface area (Å²) in [5.74, 6) is 0.731. The molecule has 0 saturated carbocycles. The summed E-state index contributed by atoms with van der Waals surface area (Å²) in [6.45, 7) is 11.6. The van der Waals surface area contributed by atoms with E-state index in [0.29, 0.717) is 19.1 Å². The molecule has 1 aliphatic heterocycles. The number of rotatable bonds is 6. The quantitative estimate of drug-likeness (QED) is 0.810. The van der Waals surface area contributed by atoms with Crippen LogP contribution in [0, 0.1) is 0 Å². The molecule has 1 fully saturated rings. The largest absolute Gasteiger partial charge is 0.392 e. The van der Waals surface area contributed by atoms with E-state index in [2.05, 4.69) is 27.1 Å². The number of aliphatic hydroxyl groups excluding tert-OH is 1. The zero-order chi connectivity index (χ0) is 17.0. The Kier molecular flexibility index (Phi) is 6.15. The predicted octanol–water partition coefficient (Wildman–Crippen LogP) is 0.789. The Morgan fingerprint density at radius 3 is 2.78 bits per heavy atom. The SMILES string of the molecule is CC(C)n1nccc1NC(=O)CN1CCN(C[C@H](C)O)[C@H](C)C1. The first kappa shape index (κ1) is 17.9. The molecular formula is C16H29N5O2. The Bertz CT molecular complexity index is 514. The smallest absolute Gasteiger partial charge is 0.239 e. The highest BCUT2D eigenvalue weighted by molar-refractivity contribution is 5.91. The number of nitrogens with one attached hydrogen (secondary N) is 1. The second kappa shape index (κ2) is 7.90. The number of carbonyl (C=O) groups excluding carboxylic acids is 1. The molecule has 0 unspecified atom stereocenters. The number of aliphatic hydroxyl groups is 1. The summed E-state index contributed by atoms with van der Waals surface area (Å²) in [5, 5.41) is 16.7. The number of amides is 1. The summed E-state index contributed by atoms with van der Waals surface area (Å²) in [4.78, 5) is 16.7. The lowest BCUT2D eigenvalue weighted by Gasteiger charge is -2.40. The summed E-state index contributed by atoms with van der Waals surface area (Å²) in [6, 6.07) is 2.37. The molecular weight excluding hydrogens is 294 g/mol. The topological polar surface area (TPSA) is 73.6 Å². The van der Waals surface area contributed by atoms with Gasteiger partial charge in [0.25, 0.3) is 0 Å². The predicted molar refractivity (Wildman–Crippen MR) is 90.4 cm³/mol. The van der Waals surface area contributed by atoms with E-state index in [1.807, 2.05) is 26.8 Å². The fourth-order valence-electron chi connectivity index (χ4n) is 3.04. The molecule has 1 aromatic rings. The van der Waals surface area contributed by atoms with Gasteiger partial charge in [0.05, 0.1) is 18.8 Å². The van der Waals surface area contributed by atoms with Gasteiger partial charge in [0.15, 0.2) is 0 Å². The number of nitrogens with zero attached hydrogens (tertiary/aromatic N) is 4. The summed E-state index contributed by atoms with van der Waals surface area (Å²) in [7, 11) is 0. The van der Waals surface area contributed by atoms with Gasteiger partial charge in [-0.1, -0.05) is 0 Å². The van der Waals surface area contributed by atoms with E-state index in [1.54, 1.807) is 10.9 Å². The van der Waals surface area contributed by atoms with E-state index >= 15 is 0 Å². The van der Waals surface area contributed by atoms with Gasteiger partial charge >= 0.3 is 0 Å². The van der Waals surface area contributed by atoms with Crippen LogP contribution in [0.5, 0.6) is 0 Å². The lowest BCUT2D eigenvalue weighted by atomic mass is 10.1. The van der Waals surface area contributed by atoms with E-state index < -0.39 is 0 Å². The van der Waals surface area contributed by atoms with Crippen molar-refractivity contribution >= 4 is 11.7 Å². The first-order valence-corrected chi connectivity index (χ1v) is 8.34. The highest BCUT2D eigenvalue weighted by Crippen LogP contribution is 2.14. The normalized spacial score (nSPS) is 21.6. The van der Waals surface area contributed by atoms with Gasteiger partial charge in [-0.15, -0.1) is 0 Å². The van der Waals surface area contributed by atoms with Crippen molar-refractivity contribution in [2.45, 2.75) is 45.9 Å². The van der Waals surface area contributed by atoms with Crippen LogP contribution in [0.25, 0.3) is 0 Å². The van der Waals surface area contributed by atoms with Crippen LogP contribution in [-0.4, -0.2) is 75.5 Å². The Morgan fingerprint density at radius 2 is 2.17 bits per heavy atom. The number of anilines is 1. The maximum atomic E-state index is 12.3. The minimum absolute atomic E-state index is 0.0106. The molecule has 0 radical (unpaired) electrons. The highest BCUT2D eigenvalue weighted by atomic mass is 16.3. The number of aromatic nitrogens is 2. The van der Waals surface area contributed by atoms with Crippen molar-refractivity contribution in [3.05, 3.63) is 12.3 Å². The second-order valence-corrected chi connectivity index (χ2v) is 6.73. The monoisotopic (exact) mass is 323 g/mol. The van der Waals surface area contributed by atoms with Crippen LogP contribution in [-0.2, 0) is 4.79 Å². The molecule has 0 aromatic carbocycles. The van der Waals surface area contributed by atoms with Crippen LogP contribution in [0.4, 0.5) is 5.82 Å².